The molecule has 0 bridgehead atoms. The summed E-state index contributed by atoms with van der Waals surface area (Å²) in [5, 5.41) is 11.8. The lowest BCUT2D eigenvalue weighted by Gasteiger charge is -2.46. The van der Waals surface area contributed by atoms with Gasteiger partial charge in [0.1, 0.15) is 5.75 Å². The molecule has 2 saturated carbocycles. The van der Waals surface area contributed by atoms with Crippen molar-refractivity contribution in [2.24, 2.45) is 11.3 Å². The fourth-order valence-corrected chi connectivity index (χ4v) is 5.05. The summed E-state index contributed by atoms with van der Waals surface area (Å²) < 4.78 is 0. The molecule has 0 radical (unpaired) electrons. The van der Waals surface area contributed by atoms with Gasteiger partial charge in [0.15, 0.2) is 5.78 Å². The van der Waals surface area contributed by atoms with Gasteiger partial charge in [0, 0.05) is 16.4 Å². The SMILES string of the molecule is O=C(c1ccc(O)c2ccccc12)C12CCCCC1CCCC2. The van der Waals surface area contributed by atoms with Crippen molar-refractivity contribution in [2.45, 2.75) is 51.4 Å². The summed E-state index contributed by atoms with van der Waals surface area (Å²) in [6.45, 7) is 0. The van der Waals surface area contributed by atoms with E-state index in [1.807, 2.05) is 30.3 Å². The van der Waals surface area contributed by atoms with Crippen molar-refractivity contribution < 1.29 is 9.90 Å². The number of hydrogen-bond donors (Lipinski definition) is 1. The van der Waals surface area contributed by atoms with E-state index in [0.717, 1.165) is 29.2 Å². The van der Waals surface area contributed by atoms with Gasteiger partial charge in [-0.2, -0.15) is 0 Å². The number of fused-ring (bicyclic) bond motifs is 2. The highest BCUT2D eigenvalue weighted by Crippen LogP contribution is 2.52. The lowest BCUT2D eigenvalue weighted by Crippen LogP contribution is -2.43. The number of Topliss-reactive ketones (excluding diaryl/α,β-unsaturated/α-hetero) is 1. The molecule has 0 amide bonds. The third kappa shape index (κ3) is 2.27. The van der Waals surface area contributed by atoms with Gasteiger partial charge in [0.25, 0.3) is 0 Å². The Hall–Kier alpha value is -1.83. The van der Waals surface area contributed by atoms with Crippen LogP contribution in [-0.2, 0) is 0 Å². The average Bonchev–Trinajstić information content (AvgIpc) is 2.62. The Morgan fingerprint density at radius 2 is 1.57 bits per heavy atom. The largest absolute Gasteiger partial charge is 0.507 e. The summed E-state index contributed by atoms with van der Waals surface area (Å²) in [5.41, 5.74) is 0.670. The Balaban J connectivity index is 1.84. The zero-order valence-electron chi connectivity index (χ0n) is 13.6. The summed E-state index contributed by atoms with van der Waals surface area (Å²) >= 11 is 0. The van der Waals surface area contributed by atoms with E-state index >= 15 is 0 Å². The molecule has 2 aliphatic carbocycles. The lowest BCUT2D eigenvalue weighted by atomic mass is 9.56. The molecule has 2 aromatic carbocycles. The van der Waals surface area contributed by atoms with E-state index in [4.69, 9.17) is 0 Å². The molecule has 0 aliphatic heterocycles. The van der Waals surface area contributed by atoms with Crippen molar-refractivity contribution >= 4 is 16.6 Å². The summed E-state index contributed by atoms with van der Waals surface area (Å²) in [4.78, 5) is 13.6. The van der Waals surface area contributed by atoms with Gasteiger partial charge in [-0.1, -0.05) is 49.9 Å². The van der Waals surface area contributed by atoms with Crippen molar-refractivity contribution in [3.8, 4) is 5.75 Å². The smallest absolute Gasteiger partial charge is 0.169 e. The molecule has 0 heterocycles. The maximum atomic E-state index is 13.6. The Morgan fingerprint density at radius 3 is 2.26 bits per heavy atom. The molecular formula is C21H24O2. The predicted molar refractivity (Wildman–Crippen MR) is 92.8 cm³/mol. The molecule has 2 nitrogen and oxygen atoms in total. The van der Waals surface area contributed by atoms with Crippen LogP contribution in [0.1, 0.15) is 61.7 Å². The first-order valence-corrected chi connectivity index (χ1v) is 8.98. The molecule has 23 heavy (non-hydrogen) atoms. The Labute approximate surface area is 137 Å². The molecular weight excluding hydrogens is 284 g/mol. The Kier molecular flexibility index (Phi) is 3.63. The highest BCUT2D eigenvalue weighted by Gasteiger charge is 2.48. The van der Waals surface area contributed by atoms with Gasteiger partial charge in [-0.3, -0.25) is 4.79 Å². The quantitative estimate of drug-likeness (QED) is 0.746. The van der Waals surface area contributed by atoms with Gasteiger partial charge in [0.2, 0.25) is 0 Å². The molecule has 0 unspecified atom stereocenters. The van der Waals surface area contributed by atoms with E-state index in [1.165, 1.54) is 38.5 Å². The van der Waals surface area contributed by atoms with Crippen molar-refractivity contribution in [1.82, 2.24) is 0 Å². The second kappa shape index (κ2) is 5.67. The molecule has 0 spiro atoms. The molecule has 0 aromatic heterocycles. The van der Waals surface area contributed by atoms with Crippen LogP contribution in [0.4, 0.5) is 0 Å². The van der Waals surface area contributed by atoms with Crippen LogP contribution < -0.4 is 0 Å². The molecule has 2 aliphatic rings. The van der Waals surface area contributed by atoms with Crippen LogP contribution in [0.15, 0.2) is 36.4 Å². The third-order valence-electron chi connectivity index (χ3n) is 6.23. The minimum atomic E-state index is -0.143. The highest BCUT2D eigenvalue weighted by atomic mass is 16.3. The van der Waals surface area contributed by atoms with Gasteiger partial charge in [-0.05, 0) is 49.1 Å². The van der Waals surface area contributed by atoms with E-state index in [1.54, 1.807) is 6.07 Å². The van der Waals surface area contributed by atoms with Crippen molar-refractivity contribution in [3.63, 3.8) is 0 Å². The summed E-state index contributed by atoms with van der Waals surface area (Å²) in [7, 11) is 0. The first-order valence-electron chi connectivity index (χ1n) is 8.98. The fraction of sp³-hybridized carbons (Fsp3) is 0.476. The summed E-state index contributed by atoms with van der Waals surface area (Å²) in [5.74, 6) is 1.15. The van der Waals surface area contributed by atoms with E-state index in [-0.39, 0.29) is 11.2 Å². The zero-order valence-corrected chi connectivity index (χ0v) is 13.6. The predicted octanol–water partition coefficient (Wildman–Crippen LogP) is 5.48. The van der Waals surface area contributed by atoms with Crippen molar-refractivity contribution in [2.75, 3.05) is 0 Å². The second-order valence-electron chi connectivity index (χ2n) is 7.35. The topological polar surface area (TPSA) is 37.3 Å². The van der Waals surface area contributed by atoms with E-state index in [0.29, 0.717) is 11.7 Å². The van der Waals surface area contributed by atoms with Gasteiger partial charge in [-0.15, -0.1) is 0 Å². The number of aromatic hydroxyl groups is 1. The zero-order chi connectivity index (χ0) is 15.9. The summed E-state index contributed by atoms with van der Waals surface area (Å²) in [6.07, 6.45) is 9.42. The van der Waals surface area contributed by atoms with Crippen LogP contribution in [0.5, 0.6) is 5.75 Å². The van der Waals surface area contributed by atoms with E-state index in [2.05, 4.69) is 0 Å². The maximum absolute atomic E-state index is 13.6. The Bertz CT molecular complexity index is 735. The first-order chi connectivity index (χ1) is 11.2. The number of benzene rings is 2. The van der Waals surface area contributed by atoms with Crippen molar-refractivity contribution in [3.05, 3.63) is 42.0 Å². The van der Waals surface area contributed by atoms with Crippen LogP contribution in [0.3, 0.4) is 0 Å². The van der Waals surface area contributed by atoms with Crippen LogP contribution in [0, 0.1) is 11.3 Å². The summed E-state index contributed by atoms with van der Waals surface area (Å²) in [6, 6.07) is 11.3. The molecule has 1 N–H and O–H groups in total. The van der Waals surface area contributed by atoms with Crippen LogP contribution >= 0.6 is 0 Å². The molecule has 2 fully saturated rings. The van der Waals surface area contributed by atoms with Gasteiger partial charge >= 0.3 is 0 Å². The number of carbonyl (C=O) groups is 1. The number of carbonyl (C=O) groups excluding carboxylic acids is 1. The van der Waals surface area contributed by atoms with Crippen LogP contribution in [0.2, 0.25) is 0 Å². The maximum Gasteiger partial charge on any atom is 0.169 e. The third-order valence-corrected chi connectivity index (χ3v) is 6.23. The molecule has 2 aromatic rings. The number of hydrogen-bond acceptors (Lipinski definition) is 2. The monoisotopic (exact) mass is 308 g/mol. The number of phenols is 1. The van der Waals surface area contributed by atoms with Crippen LogP contribution in [-0.4, -0.2) is 10.9 Å². The average molecular weight is 308 g/mol. The molecule has 4 rings (SSSR count). The molecule has 0 atom stereocenters. The van der Waals surface area contributed by atoms with Crippen molar-refractivity contribution in [1.29, 1.82) is 0 Å². The number of rotatable bonds is 2. The molecule has 0 saturated heterocycles. The van der Waals surface area contributed by atoms with Gasteiger partial charge < -0.3 is 5.11 Å². The molecule has 120 valence electrons. The fourth-order valence-electron chi connectivity index (χ4n) is 5.05. The highest BCUT2D eigenvalue weighted by molar-refractivity contribution is 6.12. The van der Waals surface area contributed by atoms with Gasteiger partial charge in [-0.25, -0.2) is 0 Å². The Morgan fingerprint density at radius 1 is 0.913 bits per heavy atom. The van der Waals surface area contributed by atoms with E-state index in [9.17, 15) is 9.90 Å². The van der Waals surface area contributed by atoms with Gasteiger partial charge in [0.05, 0.1) is 0 Å². The normalized spacial score (nSPS) is 27.6. The standard InChI is InChI=1S/C21H24O2/c22-19-12-11-18(16-9-1-2-10-17(16)19)20(23)21-13-5-3-7-15(21)8-4-6-14-21/h1-2,9-12,15,22H,3-8,13-14H2. The van der Waals surface area contributed by atoms with Crippen LogP contribution in [0.25, 0.3) is 10.8 Å². The molecule has 2 heteroatoms. The minimum absolute atomic E-state index is 0.143. The lowest BCUT2D eigenvalue weighted by molar-refractivity contribution is 0.0348. The minimum Gasteiger partial charge on any atom is -0.507 e. The van der Waals surface area contributed by atoms with E-state index < -0.39 is 0 Å². The second-order valence-corrected chi connectivity index (χ2v) is 7.35. The number of ketones is 1. The first kappa shape index (κ1) is 14.7. The number of phenolic OH excluding ortho intramolecular Hbond substituents is 1.